The van der Waals surface area contributed by atoms with Crippen LogP contribution in [0.3, 0.4) is 0 Å². The number of aromatic nitrogens is 2. The van der Waals surface area contributed by atoms with Crippen LogP contribution >= 0.6 is 18.5 Å². The lowest BCUT2D eigenvalue weighted by molar-refractivity contribution is 0.101. The smallest absolute Gasteiger partial charge is 0.249 e. The summed E-state index contributed by atoms with van der Waals surface area (Å²) in [6.45, 7) is 5.09. The van der Waals surface area contributed by atoms with Crippen LogP contribution in [-0.2, 0) is 0 Å². The number of aryl methyl sites for hydroxylation is 2. The SMILES string of the molecule is CC(=O)c1nc(-c2c(OC(F)P)ccc(C)c2P)cnc1C. The van der Waals surface area contributed by atoms with Crippen LogP contribution in [0.4, 0.5) is 4.39 Å². The number of halogens is 1. The average Bonchev–Trinajstić information content (AvgIpc) is 2.43. The number of carbonyl (C=O) groups is 1. The van der Waals surface area contributed by atoms with Crippen molar-refractivity contribution in [3.63, 3.8) is 0 Å². The Hall–Kier alpha value is -1.44. The average molecular weight is 338 g/mol. The molecule has 3 unspecified atom stereocenters. The van der Waals surface area contributed by atoms with Gasteiger partial charge in [0.1, 0.15) is 11.4 Å². The second-order valence-electron chi connectivity index (χ2n) is 4.88. The molecule has 1 aromatic heterocycles. The minimum Gasteiger partial charge on any atom is -0.457 e. The highest BCUT2D eigenvalue weighted by Gasteiger charge is 2.17. The number of rotatable bonds is 4. The highest BCUT2D eigenvalue weighted by molar-refractivity contribution is 7.28. The van der Waals surface area contributed by atoms with Crippen LogP contribution in [0.5, 0.6) is 5.75 Å². The Morgan fingerprint density at radius 3 is 2.64 bits per heavy atom. The van der Waals surface area contributed by atoms with Gasteiger partial charge in [0.15, 0.2) is 5.78 Å². The predicted molar refractivity (Wildman–Crippen MR) is 91.5 cm³/mol. The standard InChI is InChI=1S/C15H17FN2O2P2/c1-7-4-5-11(20-15(16)22)12(14(7)21)10-6-17-8(2)13(18-10)9(3)19/h4-6,15H,21-22H2,1-3H3. The van der Waals surface area contributed by atoms with Gasteiger partial charge in [-0.25, -0.2) is 4.98 Å². The molecule has 0 N–H and O–H groups in total. The lowest BCUT2D eigenvalue weighted by Gasteiger charge is -2.16. The number of ketones is 1. The third kappa shape index (κ3) is 3.48. The van der Waals surface area contributed by atoms with E-state index in [-0.39, 0.29) is 5.78 Å². The highest BCUT2D eigenvalue weighted by atomic mass is 31.0. The molecule has 0 aliphatic rings. The number of nitrogens with zero attached hydrogens (tertiary/aromatic N) is 2. The Morgan fingerprint density at radius 2 is 2.05 bits per heavy atom. The molecule has 0 amide bonds. The van der Waals surface area contributed by atoms with Crippen LogP contribution in [0.25, 0.3) is 11.3 Å². The van der Waals surface area contributed by atoms with Crippen LogP contribution in [0.15, 0.2) is 18.3 Å². The van der Waals surface area contributed by atoms with Gasteiger partial charge in [0.25, 0.3) is 0 Å². The van der Waals surface area contributed by atoms with Crippen molar-refractivity contribution in [3.05, 3.63) is 35.3 Å². The highest BCUT2D eigenvalue weighted by Crippen LogP contribution is 2.31. The van der Waals surface area contributed by atoms with Crippen molar-refractivity contribution in [1.82, 2.24) is 9.97 Å². The minimum absolute atomic E-state index is 0.165. The molecule has 0 saturated carbocycles. The van der Waals surface area contributed by atoms with E-state index >= 15 is 0 Å². The molecule has 3 atom stereocenters. The normalized spacial score (nSPS) is 12.1. The Balaban J connectivity index is 2.68. The summed E-state index contributed by atoms with van der Waals surface area (Å²) < 4.78 is 18.4. The largest absolute Gasteiger partial charge is 0.457 e. The molecule has 2 aromatic rings. The van der Waals surface area contributed by atoms with E-state index in [1.54, 1.807) is 19.2 Å². The third-order valence-corrected chi connectivity index (χ3v) is 4.09. The maximum atomic E-state index is 13.2. The third-order valence-electron chi connectivity index (χ3n) is 3.21. The van der Waals surface area contributed by atoms with E-state index in [9.17, 15) is 9.18 Å². The van der Waals surface area contributed by atoms with Crippen molar-refractivity contribution in [2.75, 3.05) is 0 Å². The number of benzene rings is 1. The number of hydrogen-bond acceptors (Lipinski definition) is 4. The van der Waals surface area contributed by atoms with E-state index < -0.39 is 6.10 Å². The van der Waals surface area contributed by atoms with Gasteiger partial charge in [-0.15, -0.1) is 9.24 Å². The fraction of sp³-hybridized carbons (Fsp3) is 0.267. The summed E-state index contributed by atoms with van der Waals surface area (Å²) in [6, 6.07) is 3.52. The molecule has 0 spiro atoms. The first-order valence-corrected chi connectivity index (χ1v) is 7.86. The molecular weight excluding hydrogens is 321 g/mol. The molecule has 22 heavy (non-hydrogen) atoms. The molecule has 1 aromatic carbocycles. The van der Waals surface area contributed by atoms with E-state index in [1.165, 1.54) is 6.92 Å². The summed E-state index contributed by atoms with van der Waals surface area (Å²) in [5.74, 6) is 0.187. The topological polar surface area (TPSA) is 52.1 Å². The molecule has 116 valence electrons. The van der Waals surface area contributed by atoms with Crippen molar-refractivity contribution in [2.24, 2.45) is 0 Å². The van der Waals surface area contributed by atoms with Crippen LogP contribution in [-0.4, -0.2) is 21.9 Å². The number of hydrogen-bond donors (Lipinski definition) is 0. The van der Waals surface area contributed by atoms with Crippen molar-refractivity contribution in [1.29, 1.82) is 0 Å². The van der Waals surface area contributed by atoms with Gasteiger partial charge in [-0.2, -0.15) is 4.39 Å². The summed E-state index contributed by atoms with van der Waals surface area (Å²) in [7, 11) is 4.54. The van der Waals surface area contributed by atoms with Crippen molar-refractivity contribution in [3.8, 4) is 17.0 Å². The maximum absolute atomic E-state index is 13.2. The summed E-state index contributed by atoms with van der Waals surface area (Å²) in [6.07, 6.45) is 0.0315. The summed E-state index contributed by atoms with van der Waals surface area (Å²) in [4.78, 5) is 20.3. The Labute approximate surface area is 133 Å². The summed E-state index contributed by atoms with van der Waals surface area (Å²) >= 11 is 0. The van der Waals surface area contributed by atoms with Gasteiger partial charge in [-0.3, -0.25) is 9.78 Å². The van der Waals surface area contributed by atoms with Crippen LogP contribution < -0.4 is 10.0 Å². The lowest BCUT2D eigenvalue weighted by atomic mass is 10.1. The number of ether oxygens (including phenoxy) is 1. The first-order chi connectivity index (χ1) is 10.3. The fourth-order valence-corrected chi connectivity index (χ4v) is 2.62. The van der Waals surface area contributed by atoms with Crippen LogP contribution in [0.2, 0.25) is 0 Å². The molecule has 2 rings (SSSR count). The monoisotopic (exact) mass is 338 g/mol. The van der Waals surface area contributed by atoms with E-state index in [2.05, 4.69) is 19.2 Å². The molecule has 0 fully saturated rings. The predicted octanol–water partition coefficient (Wildman–Crippen LogP) is 2.97. The zero-order chi connectivity index (χ0) is 16.4. The molecule has 0 saturated heterocycles. The van der Waals surface area contributed by atoms with Crippen molar-refractivity contribution in [2.45, 2.75) is 26.9 Å². The van der Waals surface area contributed by atoms with E-state index in [1.807, 2.05) is 22.2 Å². The zero-order valence-corrected chi connectivity index (χ0v) is 14.9. The fourth-order valence-electron chi connectivity index (χ4n) is 2.09. The van der Waals surface area contributed by atoms with Gasteiger partial charge in [0.05, 0.1) is 23.1 Å². The molecule has 0 aliphatic heterocycles. The van der Waals surface area contributed by atoms with Crippen LogP contribution in [0.1, 0.15) is 28.7 Å². The minimum atomic E-state index is -1.53. The molecule has 0 bridgehead atoms. The molecule has 7 heteroatoms. The summed E-state index contributed by atoms with van der Waals surface area (Å²) in [5.41, 5.74) is 2.94. The van der Waals surface area contributed by atoms with Crippen molar-refractivity contribution < 1.29 is 13.9 Å². The molecule has 0 radical (unpaired) electrons. The Bertz CT molecular complexity index is 736. The second kappa shape index (κ2) is 6.76. The Kier molecular flexibility index (Phi) is 5.20. The quantitative estimate of drug-likeness (QED) is 0.635. The second-order valence-corrected chi connectivity index (χ2v) is 5.99. The summed E-state index contributed by atoms with van der Waals surface area (Å²) in [5, 5.41) is 0.829. The zero-order valence-electron chi connectivity index (χ0n) is 12.6. The molecule has 4 nitrogen and oxygen atoms in total. The first kappa shape index (κ1) is 16.9. The van der Waals surface area contributed by atoms with Crippen LogP contribution in [0, 0.1) is 13.8 Å². The lowest BCUT2D eigenvalue weighted by Crippen LogP contribution is -2.11. The van der Waals surface area contributed by atoms with E-state index in [0.717, 1.165) is 10.9 Å². The van der Waals surface area contributed by atoms with E-state index in [0.29, 0.717) is 28.4 Å². The number of Topliss-reactive ketones (excluding diaryl/α,β-unsaturated/α-hetero) is 1. The molecule has 1 heterocycles. The van der Waals surface area contributed by atoms with Gasteiger partial charge in [0, 0.05) is 6.92 Å². The van der Waals surface area contributed by atoms with Gasteiger partial charge in [0.2, 0.25) is 6.10 Å². The van der Waals surface area contributed by atoms with Gasteiger partial charge < -0.3 is 4.74 Å². The van der Waals surface area contributed by atoms with Gasteiger partial charge in [-0.05, 0) is 30.8 Å². The van der Waals surface area contributed by atoms with Gasteiger partial charge in [-0.1, -0.05) is 15.3 Å². The number of carbonyl (C=O) groups excluding carboxylic acids is 1. The first-order valence-electron chi connectivity index (χ1n) is 6.61. The van der Waals surface area contributed by atoms with Gasteiger partial charge >= 0.3 is 0 Å². The maximum Gasteiger partial charge on any atom is 0.249 e. The van der Waals surface area contributed by atoms with E-state index in [4.69, 9.17) is 4.74 Å². The van der Waals surface area contributed by atoms with Crippen molar-refractivity contribution >= 4 is 29.6 Å². The molecular formula is C15H17FN2O2P2. The Morgan fingerprint density at radius 1 is 1.36 bits per heavy atom. The number of alkyl halides is 1. The molecule has 0 aliphatic carbocycles.